The fourth-order valence-electron chi connectivity index (χ4n) is 1.36. The normalized spacial score (nSPS) is 28.3. The number of nitrogens with two attached hydrogens (primary N) is 1. The van der Waals surface area contributed by atoms with Gasteiger partial charge in [-0.1, -0.05) is 6.92 Å². The summed E-state index contributed by atoms with van der Waals surface area (Å²) in [6.07, 6.45) is 2.39. The van der Waals surface area contributed by atoms with Crippen molar-refractivity contribution >= 4 is 5.84 Å². The van der Waals surface area contributed by atoms with Gasteiger partial charge in [-0.15, -0.1) is 0 Å². The maximum Gasteiger partial charge on any atom is 0.0949 e. The van der Waals surface area contributed by atoms with E-state index in [0.29, 0.717) is 11.9 Å². The van der Waals surface area contributed by atoms with Gasteiger partial charge in [0.2, 0.25) is 0 Å². The first-order chi connectivity index (χ1) is 4.72. The molecule has 0 aliphatic carbocycles. The van der Waals surface area contributed by atoms with Crippen LogP contribution in [0, 0.1) is 11.3 Å². The van der Waals surface area contributed by atoms with Crippen LogP contribution in [0.3, 0.4) is 0 Å². The van der Waals surface area contributed by atoms with Gasteiger partial charge in [0.25, 0.3) is 0 Å². The first-order valence-corrected chi connectivity index (χ1v) is 3.79. The molecule has 10 heavy (non-hydrogen) atoms. The summed E-state index contributed by atoms with van der Waals surface area (Å²) < 4.78 is 0. The molecule has 0 amide bonds. The summed E-state index contributed by atoms with van der Waals surface area (Å²) in [6, 6.07) is 0.456. The molecule has 0 aromatic rings. The molecule has 0 radical (unpaired) electrons. The number of nitrogens with one attached hydrogen (secondary N) is 2. The molecule has 0 spiro atoms. The van der Waals surface area contributed by atoms with Crippen LogP contribution >= 0.6 is 0 Å². The Morgan fingerprint density at radius 2 is 2.50 bits per heavy atom. The predicted molar refractivity (Wildman–Crippen MR) is 42.1 cm³/mol. The van der Waals surface area contributed by atoms with Gasteiger partial charge in [0, 0.05) is 12.0 Å². The molecule has 2 atom stereocenters. The van der Waals surface area contributed by atoms with Gasteiger partial charge in [-0.2, -0.15) is 0 Å². The van der Waals surface area contributed by atoms with Gasteiger partial charge < -0.3 is 11.1 Å². The summed E-state index contributed by atoms with van der Waals surface area (Å²) in [6.45, 7) is 3.09. The Labute approximate surface area is 61.5 Å². The minimum atomic E-state index is 0.211. The van der Waals surface area contributed by atoms with E-state index >= 15 is 0 Å². The highest BCUT2D eigenvalue weighted by atomic mass is 15.0. The summed E-state index contributed by atoms with van der Waals surface area (Å²) in [4.78, 5) is 0. The number of amidine groups is 1. The van der Waals surface area contributed by atoms with E-state index < -0.39 is 0 Å². The monoisotopic (exact) mass is 141 g/mol. The summed E-state index contributed by atoms with van der Waals surface area (Å²) in [5, 5.41) is 10.5. The van der Waals surface area contributed by atoms with Crippen molar-refractivity contribution in [2.75, 3.05) is 6.54 Å². The Hall–Kier alpha value is -0.570. The van der Waals surface area contributed by atoms with Gasteiger partial charge >= 0.3 is 0 Å². The highest BCUT2D eigenvalue weighted by molar-refractivity contribution is 5.79. The lowest BCUT2D eigenvalue weighted by atomic mass is 10.00. The molecule has 1 aliphatic rings. The molecule has 0 bridgehead atoms. The van der Waals surface area contributed by atoms with Crippen molar-refractivity contribution in [2.45, 2.75) is 25.8 Å². The zero-order valence-electron chi connectivity index (χ0n) is 6.35. The molecular weight excluding hydrogens is 126 g/mol. The van der Waals surface area contributed by atoms with Crippen LogP contribution in [0.5, 0.6) is 0 Å². The Morgan fingerprint density at radius 1 is 1.80 bits per heavy atom. The SMILES string of the molecule is CC(C(=N)N)C1CCCN1. The highest BCUT2D eigenvalue weighted by Crippen LogP contribution is 2.13. The van der Waals surface area contributed by atoms with E-state index in [0.717, 1.165) is 6.54 Å². The average Bonchev–Trinajstić information content (AvgIpc) is 2.36. The summed E-state index contributed by atoms with van der Waals surface area (Å²) in [5.41, 5.74) is 5.36. The lowest BCUT2D eigenvalue weighted by molar-refractivity contribution is 0.510. The van der Waals surface area contributed by atoms with Crippen molar-refractivity contribution in [2.24, 2.45) is 11.7 Å². The van der Waals surface area contributed by atoms with Crippen LogP contribution in [0.4, 0.5) is 0 Å². The minimum Gasteiger partial charge on any atom is -0.387 e. The maximum absolute atomic E-state index is 7.20. The summed E-state index contributed by atoms with van der Waals surface area (Å²) in [5.74, 6) is 0.516. The molecule has 3 heteroatoms. The van der Waals surface area contributed by atoms with Crippen molar-refractivity contribution in [1.82, 2.24) is 5.32 Å². The third kappa shape index (κ3) is 1.48. The lowest BCUT2D eigenvalue weighted by Crippen LogP contribution is -2.36. The first-order valence-electron chi connectivity index (χ1n) is 3.79. The van der Waals surface area contributed by atoms with Crippen LogP contribution in [0.1, 0.15) is 19.8 Å². The van der Waals surface area contributed by atoms with E-state index in [1.807, 2.05) is 6.92 Å². The number of hydrogen-bond donors (Lipinski definition) is 3. The second-order valence-electron chi connectivity index (χ2n) is 2.95. The van der Waals surface area contributed by atoms with E-state index in [1.54, 1.807) is 0 Å². The topological polar surface area (TPSA) is 61.9 Å². The largest absolute Gasteiger partial charge is 0.387 e. The maximum atomic E-state index is 7.20. The van der Waals surface area contributed by atoms with Gasteiger partial charge in [-0.3, -0.25) is 5.41 Å². The van der Waals surface area contributed by atoms with Gasteiger partial charge in [-0.05, 0) is 19.4 Å². The van der Waals surface area contributed by atoms with Crippen molar-refractivity contribution in [1.29, 1.82) is 5.41 Å². The van der Waals surface area contributed by atoms with Crippen LogP contribution in [-0.2, 0) is 0 Å². The van der Waals surface area contributed by atoms with E-state index in [1.165, 1.54) is 12.8 Å². The standard InChI is InChI=1S/C7H15N3/c1-5(7(8)9)6-3-2-4-10-6/h5-6,10H,2-4H2,1H3,(H3,8,9). The van der Waals surface area contributed by atoms with Gasteiger partial charge in [0.1, 0.15) is 0 Å². The second-order valence-corrected chi connectivity index (χ2v) is 2.95. The van der Waals surface area contributed by atoms with Gasteiger partial charge in [-0.25, -0.2) is 0 Å². The third-order valence-electron chi connectivity index (χ3n) is 2.19. The molecule has 1 saturated heterocycles. The molecule has 1 heterocycles. The van der Waals surface area contributed by atoms with Gasteiger partial charge in [0.15, 0.2) is 0 Å². The zero-order valence-corrected chi connectivity index (χ0v) is 6.35. The molecule has 3 nitrogen and oxygen atoms in total. The highest BCUT2D eigenvalue weighted by Gasteiger charge is 2.22. The van der Waals surface area contributed by atoms with E-state index in [2.05, 4.69) is 5.32 Å². The Kier molecular flexibility index (Phi) is 2.27. The van der Waals surface area contributed by atoms with E-state index in [4.69, 9.17) is 11.1 Å². The molecule has 1 fully saturated rings. The molecule has 2 unspecified atom stereocenters. The number of rotatable bonds is 2. The van der Waals surface area contributed by atoms with Crippen molar-refractivity contribution in [3.8, 4) is 0 Å². The smallest absolute Gasteiger partial charge is 0.0949 e. The molecule has 1 rings (SSSR count). The van der Waals surface area contributed by atoms with Crippen LogP contribution in [0.25, 0.3) is 0 Å². The average molecular weight is 141 g/mol. The first kappa shape index (κ1) is 7.54. The fraction of sp³-hybridized carbons (Fsp3) is 0.857. The van der Waals surface area contributed by atoms with E-state index in [9.17, 15) is 0 Å². The van der Waals surface area contributed by atoms with Crippen molar-refractivity contribution in [3.05, 3.63) is 0 Å². The number of hydrogen-bond acceptors (Lipinski definition) is 2. The molecule has 0 saturated carbocycles. The second kappa shape index (κ2) is 3.01. The third-order valence-corrected chi connectivity index (χ3v) is 2.19. The minimum absolute atomic E-state index is 0.211. The summed E-state index contributed by atoms with van der Waals surface area (Å²) in [7, 11) is 0. The van der Waals surface area contributed by atoms with Crippen molar-refractivity contribution in [3.63, 3.8) is 0 Å². The lowest BCUT2D eigenvalue weighted by Gasteiger charge is -2.17. The quantitative estimate of drug-likeness (QED) is 0.383. The Balaban J connectivity index is 2.39. The fourth-order valence-corrected chi connectivity index (χ4v) is 1.36. The van der Waals surface area contributed by atoms with Crippen LogP contribution < -0.4 is 11.1 Å². The molecule has 0 aromatic heterocycles. The Bertz CT molecular complexity index is 127. The molecular formula is C7H15N3. The predicted octanol–water partition coefficient (Wildman–Crippen LogP) is 0.310. The Morgan fingerprint density at radius 3 is 2.90 bits per heavy atom. The zero-order chi connectivity index (χ0) is 7.56. The molecule has 4 N–H and O–H groups in total. The van der Waals surface area contributed by atoms with Crippen LogP contribution in [0.2, 0.25) is 0 Å². The van der Waals surface area contributed by atoms with Crippen LogP contribution in [0.15, 0.2) is 0 Å². The summed E-state index contributed by atoms with van der Waals surface area (Å²) >= 11 is 0. The molecule has 58 valence electrons. The van der Waals surface area contributed by atoms with E-state index in [-0.39, 0.29) is 5.92 Å². The van der Waals surface area contributed by atoms with Crippen molar-refractivity contribution < 1.29 is 0 Å². The van der Waals surface area contributed by atoms with Gasteiger partial charge in [0.05, 0.1) is 5.84 Å². The molecule has 1 aliphatic heterocycles. The van der Waals surface area contributed by atoms with Crippen LogP contribution in [-0.4, -0.2) is 18.4 Å². The molecule has 0 aromatic carbocycles.